The van der Waals surface area contributed by atoms with Crippen LogP contribution in [0.25, 0.3) is 11.1 Å². The molecule has 0 unspecified atom stereocenters. The van der Waals surface area contributed by atoms with E-state index in [0.29, 0.717) is 11.1 Å². The molecule has 2 aromatic carbocycles. The molecule has 2 aromatic rings. The number of benzene rings is 2. The third-order valence-electron chi connectivity index (χ3n) is 6.88. The number of nitriles is 1. The van der Waals surface area contributed by atoms with Gasteiger partial charge in [0.05, 0.1) is 11.6 Å². The normalized spacial score (nSPS) is 18.8. The second-order valence-electron chi connectivity index (χ2n) is 9.13. The van der Waals surface area contributed by atoms with Crippen LogP contribution in [0.1, 0.15) is 88.7 Å². The summed E-state index contributed by atoms with van der Waals surface area (Å²) >= 11 is 0. The Morgan fingerprint density at radius 2 is 1.53 bits per heavy atom. The smallest absolute Gasteiger partial charge is 0.131 e. The Bertz CT molecular complexity index is 810. The maximum atomic E-state index is 14.7. The number of hydrogen-bond acceptors (Lipinski definition) is 1. The molecule has 0 aliphatic heterocycles. The van der Waals surface area contributed by atoms with Crippen LogP contribution in [0.3, 0.4) is 0 Å². The summed E-state index contributed by atoms with van der Waals surface area (Å²) in [6.07, 6.45) is 16.0. The predicted molar refractivity (Wildman–Crippen MR) is 124 cm³/mol. The molecular formula is C28H36FN. The highest BCUT2D eigenvalue weighted by Gasteiger charge is 2.20. The average molecular weight is 406 g/mol. The molecule has 0 spiro atoms. The van der Waals surface area contributed by atoms with Crippen molar-refractivity contribution in [1.29, 1.82) is 5.26 Å². The fourth-order valence-corrected chi connectivity index (χ4v) is 4.89. The van der Waals surface area contributed by atoms with Crippen molar-refractivity contribution in [3.63, 3.8) is 0 Å². The van der Waals surface area contributed by atoms with Gasteiger partial charge in [0.25, 0.3) is 0 Å². The lowest BCUT2D eigenvalue weighted by Gasteiger charge is -2.28. The third kappa shape index (κ3) is 6.69. The molecular weight excluding hydrogens is 369 g/mol. The molecule has 1 aliphatic carbocycles. The van der Waals surface area contributed by atoms with Gasteiger partial charge >= 0.3 is 0 Å². The molecule has 1 fully saturated rings. The Morgan fingerprint density at radius 1 is 0.867 bits per heavy atom. The van der Waals surface area contributed by atoms with Gasteiger partial charge in [-0.1, -0.05) is 95.4 Å². The number of aryl methyl sites for hydroxylation is 1. The van der Waals surface area contributed by atoms with Crippen LogP contribution in [0.5, 0.6) is 0 Å². The first-order valence-electron chi connectivity index (χ1n) is 12.0. The minimum atomic E-state index is -0.163. The molecule has 3 rings (SSSR count). The van der Waals surface area contributed by atoms with E-state index in [1.54, 1.807) is 18.2 Å². The topological polar surface area (TPSA) is 23.8 Å². The Balaban J connectivity index is 1.42. The zero-order chi connectivity index (χ0) is 21.2. The molecule has 30 heavy (non-hydrogen) atoms. The van der Waals surface area contributed by atoms with E-state index < -0.39 is 0 Å². The fourth-order valence-electron chi connectivity index (χ4n) is 4.89. The van der Waals surface area contributed by atoms with Crippen LogP contribution in [0.15, 0.2) is 42.5 Å². The van der Waals surface area contributed by atoms with E-state index in [0.717, 1.165) is 29.4 Å². The number of hydrogen-bond donors (Lipinski definition) is 0. The van der Waals surface area contributed by atoms with Crippen molar-refractivity contribution < 1.29 is 4.39 Å². The first-order valence-corrected chi connectivity index (χ1v) is 12.0. The van der Waals surface area contributed by atoms with E-state index in [1.165, 1.54) is 70.6 Å². The zero-order valence-corrected chi connectivity index (χ0v) is 18.5. The molecule has 160 valence electrons. The summed E-state index contributed by atoms with van der Waals surface area (Å²) in [6.45, 7) is 2.28. The Labute approximate surface area is 182 Å². The lowest BCUT2D eigenvalue weighted by atomic mass is 9.77. The van der Waals surface area contributed by atoms with Gasteiger partial charge in [-0.25, -0.2) is 4.39 Å². The van der Waals surface area contributed by atoms with Crippen molar-refractivity contribution in [2.45, 2.75) is 84.0 Å². The standard InChI is InChI=1S/C28H36FN/c1-2-3-4-5-6-7-22-8-10-23(11-9-22)12-13-24-16-19-27(28(29)20-24)26-17-14-25(21-30)15-18-26/h14-20,22-23H,2-13H2,1H3. The van der Waals surface area contributed by atoms with E-state index in [1.807, 2.05) is 18.2 Å². The van der Waals surface area contributed by atoms with Gasteiger partial charge < -0.3 is 0 Å². The maximum absolute atomic E-state index is 14.7. The zero-order valence-electron chi connectivity index (χ0n) is 18.5. The predicted octanol–water partition coefficient (Wildman–Crippen LogP) is 8.46. The van der Waals surface area contributed by atoms with Crippen molar-refractivity contribution in [3.05, 3.63) is 59.4 Å². The quantitative estimate of drug-likeness (QED) is 0.364. The Kier molecular flexibility index (Phi) is 8.94. The van der Waals surface area contributed by atoms with Crippen molar-refractivity contribution in [2.75, 3.05) is 0 Å². The summed E-state index contributed by atoms with van der Waals surface area (Å²) in [5, 5.41) is 8.91. The van der Waals surface area contributed by atoms with Crippen LogP contribution < -0.4 is 0 Å². The van der Waals surface area contributed by atoms with Gasteiger partial charge in [0.1, 0.15) is 5.82 Å². The second-order valence-corrected chi connectivity index (χ2v) is 9.13. The summed E-state index contributed by atoms with van der Waals surface area (Å²) in [6, 6.07) is 14.9. The minimum absolute atomic E-state index is 0.163. The van der Waals surface area contributed by atoms with Crippen LogP contribution in [-0.4, -0.2) is 0 Å². The Morgan fingerprint density at radius 3 is 2.17 bits per heavy atom. The Hall–Kier alpha value is -2.14. The number of halogens is 1. The second kappa shape index (κ2) is 11.9. The highest BCUT2D eigenvalue weighted by atomic mass is 19.1. The molecule has 0 heterocycles. The summed E-state index contributed by atoms with van der Waals surface area (Å²) < 4.78 is 14.7. The molecule has 0 amide bonds. The highest BCUT2D eigenvalue weighted by Crippen LogP contribution is 2.34. The minimum Gasteiger partial charge on any atom is -0.206 e. The van der Waals surface area contributed by atoms with Crippen LogP contribution in [-0.2, 0) is 6.42 Å². The van der Waals surface area contributed by atoms with Crippen molar-refractivity contribution in [2.24, 2.45) is 11.8 Å². The lowest BCUT2D eigenvalue weighted by molar-refractivity contribution is 0.248. The SMILES string of the molecule is CCCCCCCC1CCC(CCc2ccc(-c3ccc(C#N)cc3)c(F)c2)CC1. The van der Waals surface area contributed by atoms with Gasteiger partial charge in [0.15, 0.2) is 0 Å². The molecule has 0 radical (unpaired) electrons. The maximum Gasteiger partial charge on any atom is 0.131 e. The van der Waals surface area contributed by atoms with E-state index in [-0.39, 0.29) is 5.82 Å². The lowest BCUT2D eigenvalue weighted by Crippen LogP contribution is -2.15. The molecule has 1 nitrogen and oxygen atoms in total. The number of nitrogens with zero attached hydrogens (tertiary/aromatic N) is 1. The molecule has 0 bridgehead atoms. The summed E-state index contributed by atoms with van der Waals surface area (Å²) in [5.74, 6) is 1.60. The summed E-state index contributed by atoms with van der Waals surface area (Å²) in [4.78, 5) is 0. The van der Waals surface area contributed by atoms with Gasteiger partial charge in [-0.3, -0.25) is 0 Å². The van der Waals surface area contributed by atoms with Crippen LogP contribution in [0.4, 0.5) is 4.39 Å². The summed E-state index contributed by atoms with van der Waals surface area (Å²) in [7, 11) is 0. The van der Waals surface area contributed by atoms with Gasteiger partial charge in [-0.15, -0.1) is 0 Å². The van der Waals surface area contributed by atoms with E-state index in [4.69, 9.17) is 5.26 Å². The first kappa shape index (κ1) is 22.5. The van der Waals surface area contributed by atoms with E-state index in [9.17, 15) is 4.39 Å². The molecule has 1 saturated carbocycles. The molecule has 0 saturated heterocycles. The van der Waals surface area contributed by atoms with Crippen molar-refractivity contribution >= 4 is 0 Å². The van der Waals surface area contributed by atoms with Gasteiger partial charge in [0.2, 0.25) is 0 Å². The summed E-state index contributed by atoms with van der Waals surface area (Å²) in [5.41, 5.74) is 3.14. The monoisotopic (exact) mass is 405 g/mol. The fraction of sp³-hybridized carbons (Fsp3) is 0.536. The third-order valence-corrected chi connectivity index (χ3v) is 6.88. The highest BCUT2D eigenvalue weighted by molar-refractivity contribution is 5.65. The number of unbranched alkanes of at least 4 members (excludes halogenated alkanes) is 4. The van der Waals surface area contributed by atoms with E-state index >= 15 is 0 Å². The van der Waals surface area contributed by atoms with Crippen molar-refractivity contribution in [3.8, 4) is 17.2 Å². The molecule has 0 N–H and O–H groups in total. The molecule has 2 heteroatoms. The molecule has 1 aliphatic rings. The number of rotatable bonds is 10. The van der Waals surface area contributed by atoms with Gasteiger partial charge in [-0.05, 0) is 54.0 Å². The first-order chi connectivity index (χ1) is 14.7. The van der Waals surface area contributed by atoms with E-state index in [2.05, 4.69) is 19.1 Å². The van der Waals surface area contributed by atoms with Crippen LogP contribution >= 0.6 is 0 Å². The average Bonchev–Trinajstić information content (AvgIpc) is 2.78. The van der Waals surface area contributed by atoms with Gasteiger partial charge in [-0.2, -0.15) is 5.26 Å². The van der Waals surface area contributed by atoms with Crippen LogP contribution in [0, 0.1) is 29.0 Å². The van der Waals surface area contributed by atoms with Gasteiger partial charge in [0, 0.05) is 5.56 Å². The largest absolute Gasteiger partial charge is 0.206 e. The molecule has 0 aromatic heterocycles. The van der Waals surface area contributed by atoms with Crippen LogP contribution in [0.2, 0.25) is 0 Å². The molecule has 0 atom stereocenters. The van der Waals surface area contributed by atoms with Crippen molar-refractivity contribution in [1.82, 2.24) is 0 Å².